The summed E-state index contributed by atoms with van der Waals surface area (Å²) < 4.78 is 0. The van der Waals surface area contributed by atoms with E-state index in [1.807, 2.05) is 26.0 Å². The van der Waals surface area contributed by atoms with Gasteiger partial charge in [0.15, 0.2) is 6.54 Å². The van der Waals surface area contributed by atoms with E-state index in [1.165, 1.54) is 0 Å². The number of aliphatic carboxylic acids is 1. The molecule has 1 amide bonds. The van der Waals surface area contributed by atoms with Gasteiger partial charge in [0.25, 0.3) is 5.91 Å². The van der Waals surface area contributed by atoms with Crippen LogP contribution in [-0.4, -0.2) is 31.5 Å². The number of quaternary nitrogens is 1. The molecule has 1 aromatic rings. The number of likely N-dealkylation sites (tertiary alicyclic amines) is 1. The number of anilines is 1. The molecule has 114 valence electrons. The van der Waals surface area contributed by atoms with E-state index in [0.29, 0.717) is 32.5 Å². The first kappa shape index (κ1) is 15.5. The van der Waals surface area contributed by atoms with Gasteiger partial charge >= 0.3 is 0 Å². The molecule has 2 N–H and O–H groups in total. The van der Waals surface area contributed by atoms with E-state index in [9.17, 15) is 14.7 Å². The quantitative estimate of drug-likeness (QED) is 0.769. The van der Waals surface area contributed by atoms with Crippen LogP contribution >= 0.6 is 0 Å². The molecule has 5 nitrogen and oxygen atoms in total. The minimum Gasteiger partial charge on any atom is -0.550 e. The Balaban J connectivity index is 1.84. The van der Waals surface area contributed by atoms with Crippen LogP contribution in [-0.2, 0) is 9.59 Å². The number of piperidine rings is 1. The standard InChI is InChI=1S/C16H22N2O3/c1-11-7-12(2)9-14(8-11)17-15(19)10-18-5-3-13(4-6-18)16(20)21/h7-9,13H,3-6,10H2,1-2H3,(H,17,19)(H,20,21). The lowest BCUT2D eigenvalue weighted by molar-refractivity contribution is -0.897. The van der Waals surface area contributed by atoms with Crippen molar-refractivity contribution in [3.8, 4) is 0 Å². The highest BCUT2D eigenvalue weighted by molar-refractivity contribution is 5.91. The molecule has 0 aliphatic carbocycles. The van der Waals surface area contributed by atoms with E-state index < -0.39 is 5.97 Å². The Hall–Kier alpha value is -1.88. The zero-order chi connectivity index (χ0) is 15.4. The number of carboxylic acids is 1. The average Bonchev–Trinajstić information content (AvgIpc) is 2.37. The molecule has 2 rings (SSSR count). The van der Waals surface area contributed by atoms with Crippen molar-refractivity contribution >= 4 is 17.6 Å². The molecule has 0 atom stereocenters. The first-order valence-electron chi connectivity index (χ1n) is 7.36. The largest absolute Gasteiger partial charge is 0.550 e. The molecule has 1 heterocycles. The van der Waals surface area contributed by atoms with Crippen molar-refractivity contribution in [3.05, 3.63) is 29.3 Å². The lowest BCUT2D eigenvalue weighted by Gasteiger charge is -2.29. The summed E-state index contributed by atoms with van der Waals surface area (Å²) in [6, 6.07) is 5.96. The third kappa shape index (κ3) is 4.56. The van der Waals surface area contributed by atoms with Crippen molar-refractivity contribution in [2.24, 2.45) is 5.92 Å². The number of rotatable bonds is 4. The Bertz CT molecular complexity index is 514. The second-order valence-corrected chi connectivity index (χ2v) is 5.94. The van der Waals surface area contributed by atoms with Crippen molar-refractivity contribution in [2.75, 3.05) is 25.0 Å². The molecule has 1 saturated heterocycles. The van der Waals surface area contributed by atoms with Gasteiger partial charge in [0.05, 0.1) is 13.1 Å². The van der Waals surface area contributed by atoms with Crippen LogP contribution < -0.4 is 15.3 Å². The Morgan fingerprint density at radius 3 is 2.29 bits per heavy atom. The van der Waals surface area contributed by atoms with Crippen molar-refractivity contribution in [1.82, 2.24) is 0 Å². The zero-order valence-corrected chi connectivity index (χ0v) is 12.6. The SMILES string of the molecule is Cc1cc(C)cc(NC(=O)C[NH+]2CCC(C(=O)[O-])CC2)c1. The predicted octanol–water partition coefficient (Wildman–Crippen LogP) is -0.713. The summed E-state index contributed by atoms with van der Waals surface area (Å²) in [6.45, 7) is 5.79. The summed E-state index contributed by atoms with van der Waals surface area (Å²) in [6.07, 6.45) is 1.18. The minimum absolute atomic E-state index is 0.0260. The third-order valence-electron chi connectivity index (χ3n) is 3.94. The van der Waals surface area contributed by atoms with E-state index in [2.05, 4.69) is 11.4 Å². The van der Waals surface area contributed by atoms with Gasteiger partial charge < -0.3 is 20.1 Å². The van der Waals surface area contributed by atoms with Crippen molar-refractivity contribution in [1.29, 1.82) is 0 Å². The first-order valence-corrected chi connectivity index (χ1v) is 7.36. The summed E-state index contributed by atoms with van der Waals surface area (Å²) >= 11 is 0. The fourth-order valence-electron chi connectivity index (χ4n) is 2.92. The van der Waals surface area contributed by atoms with Gasteiger partial charge in [0, 0.05) is 30.4 Å². The molecular formula is C16H22N2O3. The molecule has 1 aromatic carbocycles. The van der Waals surface area contributed by atoms with Gasteiger partial charge in [-0.15, -0.1) is 0 Å². The summed E-state index contributed by atoms with van der Waals surface area (Å²) in [7, 11) is 0. The van der Waals surface area contributed by atoms with Crippen LogP contribution in [0.15, 0.2) is 18.2 Å². The summed E-state index contributed by atoms with van der Waals surface area (Å²) in [4.78, 5) is 24.0. The second kappa shape index (κ2) is 6.72. The molecule has 0 spiro atoms. The number of hydrogen-bond donors (Lipinski definition) is 2. The van der Waals surface area contributed by atoms with E-state index in [4.69, 9.17) is 0 Å². The van der Waals surface area contributed by atoms with Gasteiger partial charge in [-0.25, -0.2) is 0 Å². The Morgan fingerprint density at radius 1 is 1.19 bits per heavy atom. The highest BCUT2D eigenvalue weighted by Gasteiger charge is 2.24. The number of nitrogens with one attached hydrogen (secondary N) is 2. The molecule has 1 aliphatic heterocycles. The maximum Gasteiger partial charge on any atom is 0.279 e. The van der Waals surface area contributed by atoms with Crippen LogP contribution in [0.5, 0.6) is 0 Å². The van der Waals surface area contributed by atoms with Crippen LogP contribution in [0.3, 0.4) is 0 Å². The Morgan fingerprint density at radius 2 is 1.76 bits per heavy atom. The predicted molar refractivity (Wildman–Crippen MR) is 77.8 cm³/mol. The first-order chi connectivity index (χ1) is 9.94. The normalized spacial score (nSPS) is 21.8. The lowest BCUT2D eigenvalue weighted by atomic mass is 9.97. The topological polar surface area (TPSA) is 73.7 Å². The van der Waals surface area contributed by atoms with E-state index in [0.717, 1.165) is 21.7 Å². The van der Waals surface area contributed by atoms with Crippen molar-refractivity contribution in [3.63, 3.8) is 0 Å². The molecule has 0 radical (unpaired) electrons. The molecule has 21 heavy (non-hydrogen) atoms. The van der Waals surface area contributed by atoms with Crippen molar-refractivity contribution < 1.29 is 19.6 Å². The highest BCUT2D eigenvalue weighted by atomic mass is 16.4. The molecule has 1 aliphatic rings. The molecule has 0 saturated carbocycles. The Labute approximate surface area is 125 Å². The number of carbonyl (C=O) groups is 2. The van der Waals surface area contributed by atoms with Gasteiger partial charge in [0.2, 0.25) is 0 Å². The van der Waals surface area contributed by atoms with Gasteiger partial charge in [-0.05, 0) is 37.1 Å². The number of carboxylic acid groups (broad SMARTS) is 1. The number of amides is 1. The molecule has 0 bridgehead atoms. The minimum atomic E-state index is -0.964. The molecule has 1 fully saturated rings. The van der Waals surface area contributed by atoms with Crippen molar-refractivity contribution in [2.45, 2.75) is 26.7 Å². The monoisotopic (exact) mass is 290 g/mol. The molecule has 5 heteroatoms. The Kier molecular flexibility index (Phi) is 4.96. The average molecular weight is 290 g/mol. The number of hydrogen-bond acceptors (Lipinski definition) is 3. The highest BCUT2D eigenvalue weighted by Crippen LogP contribution is 2.13. The number of benzene rings is 1. The van der Waals surface area contributed by atoms with Gasteiger partial charge in [0.1, 0.15) is 0 Å². The maximum atomic E-state index is 12.1. The molecule has 0 unspecified atom stereocenters. The number of aryl methyl sites for hydroxylation is 2. The van der Waals surface area contributed by atoms with Crippen LogP contribution in [0.25, 0.3) is 0 Å². The smallest absolute Gasteiger partial charge is 0.279 e. The lowest BCUT2D eigenvalue weighted by Crippen LogP contribution is -3.14. The van der Waals surface area contributed by atoms with Crippen LogP contribution in [0.2, 0.25) is 0 Å². The molecule has 0 aromatic heterocycles. The zero-order valence-electron chi connectivity index (χ0n) is 12.6. The second-order valence-electron chi connectivity index (χ2n) is 5.94. The van der Waals surface area contributed by atoms with E-state index in [1.54, 1.807) is 0 Å². The summed E-state index contributed by atoms with van der Waals surface area (Å²) in [5, 5.41) is 13.7. The van der Waals surface area contributed by atoms with Crippen LogP contribution in [0.1, 0.15) is 24.0 Å². The van der Waals surface area contributed by atoms with Crippen LogP contribution in [0.4, 0.5) is 5.69 Å². The van der Waals surface area contributed by atoms with Gasteiger partial charge in [-0.2, -0.15) is 0 Å². The van der Waals surface area contributed by atoms with Gasteiger partial charge in [-0.3, -0.25) is 4.79 Å². The number of carbonyl (C=O) groups excluding carboxylic acids is 2. The van der Waals surface area contributed by atoms with E-state index >= 15 is 0 Å². The van der Waals surface area contributed by atoms with E-state index in [-0.39, 0.29) is 11.8 Å². The molecular weight excluding hydrogens is 268 g/mol. The third-order valence-corrected chi connectivity index (χ3v) is 3.94. The fraction of sp³-hybridized carbons (Fsp3) is 0.500. The summed E-state index contributed by atoms with van der Waals surface area (Å²) in [5.74, 6) is -1.34. The maximum absolute atomic E-state index is 12.1. The van der Waals surface area contributed by atoms with Crippen LogP contribution in [0, 0.1) is 19.8 Å². The van der Waals surface area contributed by atoms with Gasteiger partial charge in [-0.1, -0.05) is 6.07 Å². The fourth-order valence-corrected chi connectivity index (χ4v) is 2.92. The summed E-state index contributed by atoms with van der Waals surface area (Å²) in [5.41, 5.74) is 3.06.